The lowest BCUT2D eigenvalue weighted by Gasteiger charge is -2.10. The van der Waals surface area contributed by atoms with Crippen molar-refractivity contribution in [3.63, 3.8) is 0 Å². The molecule has 1 aromatic heterocycles. The molecule has 0 spiro atoms. The Bertz CT molecular complexity index is 620. The SMILES string of the molecule is COc1cc2nc(CCCl)n(CC3CC3)c2cc1OC. The van der Waals surface area contributed by atoms with Crippen LogP contribution in [-0.4, -0.2) is 29.7 Å². The van der Waals surface area contributed by atoms with Crippen molar-refractivity contribution in [2.45, 2.75) is 25.8 Å². The van der Waals surface area contributed by atoms with Crippen LogP contribution in [0.15, 0.2) is 12.1 Å². The molecule has 0 saturated heterocycles. The van der Waals surface area contributed by atoms with Crippen molar-refractivity contribution < 1.29 is 9.47 Å². The van der Waals surface area contributed by atoms with E-state index in [0.29, 0.717) is 11.6 Å². The highest BCUT2D eigenvalue weighted by molar-refractivity contribution is 6.17. The molecule has 108 valence electrons. The Morgan fingerprint density at radius 1 is 1.25 bits per heavy atom. The molecule has 1 aliphatic rings. The van der Waals surface area contributed by atoms with E-state index in [2.05, 4.69) is 4.57 Å². The largest absolute Gasteiger partial charge is 0.493 e. The van der Waals surface area contributed by atoms with Gasteiger partial charge in [0.05, 0.1) is 25.3 Å². The van der Waals surface area contributed by atoms with Gasteiger partial charge in [-0.3, -0.25) is 0 Å². The highest BCUT2D eigenvalue weighted by atomic mass is 35.5. The number of benzene rings is 1. The van der Waals surface area contributed by atoms with E-state index < -0.39 is 0 Å². The monoisotopic (exact) mass is 294 g/mol. The zero-order valence-electron chi connectivity index (χ0n) is 11.9. The average molecular weight is 295 g/mol. The first kappa shape index (κ1) is 13.6. The molecular formula is C15H19ClN2O2. The van der Waals surface area contributed by atoms with E-state index in [-0.39, 0.29) is 0 Å². The van der Waals surface area contributed by atoms with Crippen LogP contribution in [0, 0.1) is 5.92 Å². The molecule has 0 N–H and O–H groups in total. The number of hydrogen-bond donors (Lipinski definition) is 0. The molecule has 0 aliphatic heterocycles. The van der Waals surface area contributed by atoms with E-state index in [1.165, 1.54) is 12.8 Å². The number of rotatable bonds is 6. The summed E-state index contributed by atoms with van der Waals surface area (Å²) >= 11 is 5.90. The Kier molecular flexibility index (Phi) is 3.74. The third-order valence-electron chi connectivity index (χ3n) is 3.79. The van der Waals surface area contributed by atoms with E-state index >= 15 is 0 Å². The topological polar surface area (TPSA) is 36.3 Å². The minimum absolute atomic E-state index is 0.586. The molecule has 1 aromatic carbocycles. The number of alkyl halides is 1. The molecule has 0 unspecified atom stereocenters. The minimum atomic E-state index is 0.586. The summed E-state index contributed by atoms with van der Waals surface area (Å²) in [6.45, 7) is 1.03. The fraction of sp³-hybridized carbons (Fsp3) is 0.533. The maximum atomic E-state index is 5.90. The Morgan fingerprint density at radius 3 is 2.55 bits per heavy atom. The molecule has 0 radical (unpaired) electrons. The van der Waals surface area contributed by atoms with E-state index in [1.807, 2.05) is 12.1 Å². The molecular weight excluding hydrogens is 276 g/mol. The molecule has 3 rings (SSSR count). The second-order valence-corrected chi connectivity index (χ2v) is 5.59. The maximum Gasteiger partial charge on any atom is 0.163 e. The summed E-state index contributed by atoms with van der Waals surface area (Å²) in [4.78, 5) is 4.71. The van der Waals surface area contributed by atoms with Gasteiger partial charge in [-0.25, -0.2) is 4.98 Å². The van der Waals surface area contributed by atoms with Crippen molar-refractivity contribution in [3.05, 3.63) is 18.0 Å². The van der Waals surface area contributed by atoms with Crippen molar-refractivity contribution in [3.8, 4) is 11.5 Å². The van der Waals surface area contributed by atoms with Gasteiger partial charge in [-0.05, 0) is 18.8 Å². The van der Waals surface area contributed by atoms with Crippen LogP contribution in [0.5, 0.6) is 11.5 Å². The predicted molar refractivity (Wildman–Crippen MR) is 80.0 cm³/mol. The lowest BCUT2D eigenvalue weighted by atomic mass is 10.2. The summed E-state index contributed by atoms with van der Waals surface area (Å²) in [5.41, 5.74) is 2.05. The number of aryl methyl sites for hydroxylation is 1. The van der Waals surface area contributed by atoms with Gasteiger partial charge in [0, 0.05) is 31.0 Å². The number of methoxy groups -OCH3 is 2. The van der Waals surface area contributed by atoms with Crippen LogP contribution in [0.2, 0.25) is 0 Å². The van der Waals surface area contributed by atoms with Crippen LogP contribution in [0.3, 0.4) is 0 Å². The zero-order chi connectivity index (χ0) is 14.1. The van der Waals surface area contributed by atoms with Crippen molar-refractivity contribution in [1.29, 1.82) is 0 Å². The second-order valence-electron chi connectivity index (χ2n) is 5.22. The lowest BCUT2D eigenvalue weighted by Crippen LogP contribution is -2.06. The van der Waals surface area contributed by atoms with Crippen molar-refractivity contribution in [1.82, 2.24) is 9.55 Å². The van der Waals surface area contributed by atoms with Crippen LogP contribution in [0.25, 0.3) is 11.0 Å². The van der Waals surface area contributed by atoms with Crippen LogP contribution < -0.4 is 9.47 Å². The van der Waals surface area contributed by atoms with Gasteiger partial charge >= 0.3 is 0 Å². The van der Waals surface area contributed by atoms with Crippen molar-refractivity contribution >= 4 is 22.6 Å². The summed E-state index contributed by atoms with van der Waals surface area (Å²) in [6.07, 6.45) is 3.41. The first-order chi connectivity index (χ1) is 9.76. The quantitative estimate of drug-likeness (QED) is 0.767. The fourth-order valence-corrected chi connectivity index (χ4v) is 2.71. The molecule has 1 heterocycles. The molecule has 4 nitrogen and oxygen atoms in total. The summed E-state index contributed by atoms with van der Waals surface area (Å²) in [7, 11) is 3.30. The Labute approximate surface area is 123 Å². The average Bonchev–Trinajstić information content (AvgIpc) is 3.22. The van der Waals surface area contributed by atoms with Crippen molar-refractivity contribution in [2.24, 2.45) is 5.92 Å². The van der Waals surface area contributed by atoms with E-state index in [1.54, 1.807) is 14.2 Å². The van der Waals surface area contributed by atoms with E-state index in [4.69, 9.17) is 26.1 Å². The Balaban J connectivity index is 2.12. The lowest BCUT2D eigenvalue weighted by molar-refractivity contribution is 0.355. The van der Waals surface area contributed by atoms with Gasteiger partial charge in [-0.15, -0.1) is 11.6 Å². The highest BCUT2D eigenvalue weighted by Gasteiger charge is 2.24. The highest BCUT2D eigenvalue weighted by Crippen LogP contribution is 2.36. The van der Waals surface area contributed by atoms with Crippen LogP contribution >= 0.6 is 11.6 Å². The standard InChI is InChI=1S/C15H19ClN2O2/c1-19-13-7-11-12(8-14(13)20-2)18(9-10-3-4-10)15(17-11)5-6-16/h7-8,10H,3-6,9H2,1-2H3. The first-order valence-corrected chi connectivity index (χ1v) is 7.47. The molecule has 0 amide bonds. The van der Waals surface area contributed by atoms with Gasteiger partial charge < -0.3 is 14.0 Å². The summed E-state index contributed by atoms with van der Waals surface area (Å²) in [5, 5.41) is 0. The zero-order valence-corrected chi connectivity index (χ0v) is 12.6. The van der Waals surface area contributed by atoms with E-state index in [0.717, 1.165) is 41.5 Å². The predicted octanol–water partition coefficient (Wildman–Crippen LogP) is 3.24. The first-order valence-electron chi connectivity index (χ1n) is 6.94. The Hall–Kier alpha value is -1.42. The van der Waals surface area contributed by atoms with Gasteiger partial charge in [-0.1, -0.05) is 0 Å². The molecule has 1 saturated carbocycles. The number of ether oxygens (including phenoxy) is 2. The molecule has 1 fully saturated rings. The molecule has 1 aliphatic carbocycles. The number of halogens is 1. The third kappa shape index (κ3) is 2.44. The number of aromatic nitrogens is 2. The minimum Gasteiger partial charge on any atom is -0.493 e. The number of imidazole rings is 1. The van der Waals surface area contributed by atoms with Crippen LogP contribution in [0.1, 0.15) is 18.7 Å². The van der Waals surface area contributed by atoms with E-state index in [9.17, 15) is 0 Å². The fourth-order valence-electron chi connectivity index (χ4n) is 2.54. The molecule has 20 heavy (non-hydrogen) atoms. The van der Waals surface area contributed by atoms with Gasteiger partial charge in [0.25, 0.3) is 0 Å². The maximum absolute atomic E-state index is 5.90. The smallest absolute Gasteiger partial charge is 0.163 e. The van der Waals surface area contributed by atoms with Crippen molar-refractivity contribution in [2.75, 3.05) is 20.1 Å². The van der Waals surface area contributed by atoms with Crippen LogP contribution in [-0.2, 0) is 13.0 Å². The normalized spacial score (nSPS) is 14.8. The molecule has 0 atom stereocenters. The van der Waals surface area contributed by atoms with Crippen LogP contribution in [0.4, 0.5) is 0 Å². The second kappa shape index (κ2) is 5.52. The summed E-state index contributed by atoms with van der Waals surface area (Å²) in [6, 6.07) is 3.95. The Morgan fingerprint density at radius 2 is 1.95 bits per heavy atom. The number of nitrogens with zero attached hydrogens (tertiary/aromatic N) is 2. The number of hydrogen-bond acceptors (Lipinski definition) is 3. The molecule has 0 bridgehead atoms. The summed E-state index contributed by atoms with van der Waals surface area (Å²) in [5.74, 6) is 3.89. The molecule has 2 aromatic rings. The third-order valence-corrected chi connectivity index (χ3v) is 3.98. The van der Waals surface area contributed by atoms with Gasteiger partial charge in [-0.2, -0.15) is 0 Å². The summed E-state index contributed by atoms with van der Waals surface area (Å²) < 4.78 is 13.0. The number of fused-ring (bicyclic) bond motifs is 1. The van der Waals surface area contributed by atoms with Gasteiger partial charge in [0.15, 0.2) is 11.5 Å². The van der Waals surface area contributed by atoms with Gasteiger partial charge in [0.1, 0.15) is 5.82 Å². The molecule has 5 heteroatoms. The van der Waals surface area contributed by atoms with Gasteiger partial charge in [0.2, 0.25) is 0 Å².